The molecule has 8 nitrogen and oxygen atoms in total. The van der Waals surface area contributed by atoms with Crippen LogP contribution in [-0.4, -0.2) is 45.6 Å². The number of nitrogens with zero attached hydrogens (tertiary/aromatic N) is 1. The molecule has 0 saturated heterocycles. The number of alkyl carbamates (subject to hydrolysis) is 1. The maximum atomic E-state index is 14.3. The van der Waals surface area contributed by atoms with Crippen molar-refractivity contribution in [2.75, 3.05) is 5.32 Å². The van der Waals surface area contributed by atoms with Gasteiger partial charge in [-0.3, -0.25) is 9.59 Å². The Bertz CT molecular complexity index is 1150. The van der Waals surface area contributed by atoms with Gasteiger partial charge in [0.15, 0.2) is 0 Å². The maximum absolute atomic E-state index is 14.3. The molecule has 1 aliphatic carbocycles. The van der Waals surface area contributed by atoms with E-state index in [1.807, 2.05) is 45.9 Å². The number of para-hydroxylation sites is 1. The zero-order chi connectivity index (χ0) is 28.9. The van der Waals surface area contributed by atoms with Crippen molar-refractivity contribution in [2.24, 2.45) is 5.92 Å². The van der Waals surface area contributed by atoms with Gasteiger partial charge in [-0.1, -0.05) is 44.2 Å². The number of phenols is 1. The zero-order valence-corrected chi connectivity index (χ0v) is 24.2. The Morgan fingerprint density at radius 1 is 1.03 bits per heavy atom. The summed E-state index contributed by atoms with van der Waals surface area (Å²) in [5.41, 5.74) is 2.40. The van der Waals surface area contributed by atoms with Crippen LogP contribution in [0.25, 0.3) is 0 Å². The molecule has 212 valence electrons. The second-order valence-corrected chi connectivity index (χ2v) is 11.9. The molecule has 3 rings (SSSR count). The molecule has 0 spiro atoms. The second-order valence-electron chi connectivity index (χ2n) is 11.9. The number of aryl methyl sites for hydroxylation is 2. The van der Waals surface area contributed by atoms with Crippen LogP contribution in [0, 0.1) is 19.8 Å². The molecule has 1 fully saturated rings. The third-order valence-corrected chi connectivity index (χ3v) is 6.88. The minimum absolute atomic E-state index is 0.0680. The summed E-state index contributed by atoms with van der Waals surface area (Å²) in [6, 6.07) is 10.2. The Hall–Kier alpha value is -3.55. The molecule has 3 amide bonds. The van der Waals surface area contributed by atoms with Gasteiger partial charge in [0.05, 0.1) is 0 Å². The Morgan fingerprint density at radius 3 is 2.10 bits per heavy atom. The highest BCUT2D eigenvalue weighted by atomic mass is 16.6. The first-order valence-electron chi connectivity index (χ1n) is 13.7. The maximum Gasteiger partial charge on any atom is 0.408 e. The van der Waals surface area contributed by atoms with Crippen molar-refractivity contribution in [3.8, 4) is 5.75 Å². The van der Waals surface area contributed by atoms with Crippen molar-refractivity contribution in [3.63, 3.8) is 0 Å². The molecular weight excluding hydrogens is 494 g/mol. The summed E-state index contributed by atoms with van der Waals surface area (Å²) < 4.78 is 5.46. The third kappa shape index (κ3) is 7.97. The van der Waals surface area contributed by atoms with E-state index in [1.54, 1.807) is 37.8 Å². The van der Waals surface area contributed by atoms with E-state index >= 15 is 0 Å². The number of ether oxygens (including phenoxy) is 1. The van der Waals surface area contributed by atoms with Crippen LogP contribution in [-0.2, 0) is 14.3 Å². The van der Waals surface area contributed by atoms with Gasteiger partial charge in [-0.15, -0.1) is 0 Å². The Kier molecular flexibility index (Phi) is 9.64. The topological polar surface area (TPSA) is 108 Å². The number of anilines is 1. The van der Waals surface area contributed by atoms with E-state index in [2.05, 4.69) is 10.6 Å². The van der Waals surface area contributed by atoms with Gasteiger partial charge in [-0.25, -0.2) is 4.79 Å². The van der Waals surface area contributed by atoms with Crippen LogP contribution in [0.3, 0.4) is 0 Å². The number of hydrogen-bond donors (Lipinski definition) is 3. The first kappa shape index (κ1) is 30.0. The van der Waals surface area contributed by atoms with Crippen molar-refractivity contribution in [1.29, 1.82) is 0 Å². The normalized spacial score (nSPS) is 15.2. The van der Waals surface area contributed by atoms with E-state index in [4.69, 9.17) is 4.74 Å². The van der Waals surface area contributed by atoms with Gasteiger partial charge in [-0.2, -0.15) is 0 Å². The molecule has 0 bridgehead atoms. The summed E-state index contributed by atoms with van der Waals surface area (Å²) >= 11 is 0. The molecule has 2 unspecified atom stereocenters. The number of nitrogens with one attached hydrogen (secondary N) is 2. The molecule has 2 aromatic rings. The van der Waals surface area contributed by atoms with Crippen LogP contribution in [0.4, 0.5) is 10.5 Å². The van der Waals surface area contributed by atoms with Crippen LogP contribution in [0.1, 0.15) is 83.0 Å². The van der Waals surface area contributed by atoms with Crippen molar-refractivity contribution < 1.29 is 24.2 Å². The summed E-state index contributed by atoms with van der Waals surface area (Å²) in [6.07, 6.45) is 2.19. The number of phenolic OH excluding ortho intramolecular Hbond substituents is 1. The highest BCUT2D eigenvalue weighted by molar-refractivity contribution is 6.00. The molecule has 1 aliphatic rings. The number of rotatable bonds is 9. The molecular formula is C31H43N3O5. The van der Waals surface area contributed by atoms with Crippen molar-refractivity contribution in [2.45, 2.75) is 97.9 Å². The third-order valence-electron chi connectivity index (χ3n) is 6.88. The lowest BCUT2D eigenvalue weighted by molar-refractivity contribution is -0.146. The predicted molar refractivity (Wildman–Crippen MR) is 152 cm³/mol. The summed E-state index contributed by atoms with van der Waals surface area (Å²) in [7, 11) is 0. The average Bonchev–Trinajstić information content (AvgIpc) is 2.78. The average molecular weight is 538 g/mol. The number of aromatic hydroxyl groups is 1. The quantitative estimate of drug-likeness (QED) is 0.363. The molecule has 8 heteroatoms. The lowest BCUT2D eigenvalue weighted by Gasteiger charge is -2.44. The minimum atomic E-state index is -0.961. The standard InChI is InChI=1S/C31H43N3O5/c1-19(2)18-25(32-30(38)39-31(5,6)7)29(37)34(23-12-9-13-23)27(22-14-16-24(35)17-15-22)28(36)33-26-20(3)10-8-11-21(26)4/h8,10-11,14-17,19,23,25,27,35H,9,12-13,18H2,1-7H3,(H,32,38)(H,33,36). The van der Waals surface area contributed by atoms with Crippen LogP contribution in [0.2, 0.25) is 0 Å². The Balaban J connectivity index is 2.04. The summed E-state index contributed by atoms with van der Waals surface area (Å²) in [6.45, 7) is 13.1. The predicted octanol–water partition coefficient (Wildman–Crippen LogP) is 6.01. The molecule has 0 radical (unpaired) electrons. The van der Waals surface area contributed by atoms with Gasteiger partial charge in [0.25, 0.3) is 5.91 Å². The molecule has 3 N–H and O–H groups in total. The van der Waals surface area contributed by atoms with Crippen molar-refractivity contribution >= 4 is 23.6 Å². The fraction of sp³-hybridized carbons (Fsp3) is 0.516. The van der Waals surface area contributed by atoms with Crippen molar-refractivity contribution in [3.05, 3.63) is 59.2 Å². The molecule has 0 heterocycles. The van der Waals surface area contributed by atoms with Gasteiger partial charge in [0.1, 0.15) is 23.4 Å². The molecule has 2 atom stereocenters. The highest BCUT2D eigenvalue weighted by Crippen LogP contribution is 2.35. The first-order chi connectivity index (χ1) is 18.3. The molecule has 1 saturated carbocycles. The van der Waals surface area contributed by atoms with E-state index in [9.17, 15) is 19.5 Å². The summed E-state index contributed by atoms with van der Waals surface area (Å²) in [5.74, 6) is -0.501. The molecule has 39 heavy (non-hydrogen) atoms. The summed E-state index contributed by atoms with van der Waals surface area (Å²) in [5, 5.41) is 15.8. The SMILES string of the molecule is Cc1cccc(C)c1NC(=O)C(c1ccc(O)cc1)N(C(=O)C(CC(C)C)NC(=O)OC(C)(C)C)C1CCC1. The lowest BCUT2D eigenvalue weighted by Crippen LogP contribution is -2.57. The fourth-order valence-corrected chi connectivity index (χ4v) is 4.80. The Labute approximate surface area is 232 Å². The zero-order valence-electron chi connectivity index (χ0n) is 24.2. The highest BCUT2D eigenvalue weighted by Gasteiger charge is 2.42. The van der Waals surface area contributed by atoms with E-state index in [0.717, 1.165) is 30.4 Å². The van der Waals surface area contributed by atoms with E-state index in [0.29, 0.717) is 17.7 Å². The first-order valence-corrected chi connectivity index (χ1v) is 13.7. The van der Waals surface area contributed by atoms with Crippen LogP contribution < -0.4 is 10.6 Å². The molecule has 2 aromatic carbocycles. The van der Waals surface area contributed by atoms with E-state index < -0.39 is 23.8 Å². The largest absolute Gasteiger partial charge is 0.508 e. The van der Waals surface area contributed by atoms with Gasteiger partial charge in [0.2, 0.25) is 5.91 Å². The van der Waals surface area contributed by atoms with Crippen LogP contribution >= 0.6 is 0 Å². The van der Waals surface area contributed by atoms with Gasteiger partial charge >= 0.3 is 6.09 Å². The minimum Gasteiger partial charge on any atom is -0.508 e. The number of carbonyl (C=O) groups is 3. The van der Waals surface area contributed by atoms with Crippen molar-refractivity contribution in [1.82, 2.24) is 10.2 Å². The van der Waals surface area contributed by atoms with Gasteiger partial charge in [-0.05, 0) is 95.0 Å². The number of amides is 3. The Morgan fingerprint density at radius 2 is 1.62 bits per heavy atom. The van der Waals surface area contributed by atoms with Crippen LogP contribution in [0.15, 0.2) is 42.5 Å². The number of benzene rings is 2. The second kappa shape index (κ2) is 12.5. The van der Waals surface area contributed by atoms with Crippen LogP contribution in [0.5, 0.6) is 5.75 Å². The molecule has 0 aliphatic heterocycles. The fourth-order valence-electron chi connectivity index (χ4n) is 4.80. The van der Waals surface area contributed by atoms with Gasteiger partial charge < -0.3 is 25.4 Å². The lowest BCUT2D eigenvalue weighted by atomic mass is 9.87. The monoisotopic (exact) mass is 537 g/mol. The van der Waals surface area contributed by atoms with E-state index in [1.165, 1.54) is 12.1 Å². The smallest absolute Gasteiger partial charge is 0.408 e. The number of hydrogen-bond acceptors (Lipinski definition) is 5. The molecule has 0 aromatic heterocycles. The van der Waals surface area contributed by atoms with E-state index in [-0.39, 0.29) is 29.5 Å². The van der Waals surface area contributed by atoms with Gasteiger partial charge in [0, 0.05) is 11.7 Å². The number of carbonyl (C=O) groups excluding carboxylic acids is 3. The summed E-state index contributed by atoms with van der Waals surface area (Å²) in [4.78, 5) is 42.8.